The van der Waals surface area contributed by atoms with Gasteiger partial charge in [-0.15, -0.1) is 0 Å². The van der Waals surface area contributed by atoms with E-state index in [1.807, 2.05) is 0 Å². The molecule has 0 heterocycles. The number of hydrogen-bond donors (Lipinski definition) is 0. The third kappa shape index (κ3) is 12.0. The van der Waals surface area contributed by atoms with Crippen LogP contribution >= 0.6 is 0 Å². The first-order valence-corrected chi connectivity index (χ1v) is 30.5. The number of benzene rings is 11. The van der Waals surface area contributed by atoms with Crippen LogP contribution in [0.4, 0.5) is 0 Å². The smallest absolute Gasteiger partial charge is 0.128 e. The van der Waals surface area contributed by atoms with E-state index in [1.165, 1.54) is 98.4 Å². The first-order chi connectivity index (χ1) is 42.0. The number of allylic oxidation sites excluding steroid dienone is 8. The highest BCUT2D eigenvalue weighted by Gasteiger charge is 2.22. The lowest BCUT2D eigenvalue weighted by Crippen LogP contribution is -2.26. The molecule has 0 atom stereocenters. The van der Waals surface area contributed by atoms with Gasteiger partial charge in [0.1, 0.15) is 37.1 Å². The van der Waals surface area contributed by atoms with E-state index in [2.05, 4.69) is 276 Å². The van der Waals surface area contributed by atoms with Crippen molar-refractivity contribution in [2.45, 2.75) is 72.1 Å². The molecule has 3 nitrogen and oxygen atoms in total. The van der Waals surface area contributed by atoms with Crippen LogP contribution in [-0.4, -0.2) is 19.8 Å². The van der Waals surface area contributed by atoms with Crippen molar-refractivity contribution >= 4 is 66.5 Å². The van der Waals surface area contributed by atoms with Crippen molar-refractivity contribution in [2.24, 2.45) is 0 Å². The third-order valence-electron chi connectivity index (χ3n) is 17.0. The Morgan fingerprint density at radius 3 is 1.33 bits per heavy atom. The standard InChI is InChI=1S/C82H74O3/c1-5-8-34-68-57(4)40-51-76(85-56-59-25-10-9-11-26-59)80(68)77-65(46-43-60-27-14-19-35-69(60)77)32-12-13-33-66-47-44-61-28-15-20-36-70(61)78(66)81-72-38-22-17-30-63(72)49-52-74(81)83-54-55-84-75-53-50-64-31-18-23-39-73(64)82(75)79-67(42-41-58(7-3)24-6-2)48-45-62-29-16-21-37-71(62)79/h5-8,10,14-31,34-40,43-53H,4,9,11-13,32-33,41-42,54-56H2,1-3H3/b8-5-,24-6-,58-7+,68-34+. The Bertz CT molecular complexity index is 4550. The van der Waals surface area contributed by atoms with Gasteiger partial charge in [-0.25, -0.2) is 0 Å². The predicted molar refractivity (Wildman–Crippen MR) is 364 cm³/mol. The van der Waals surface area contributed by atoms with E-state index in [1.54, 1.807) is 0 Å². The topological polar surface area (TPSA) is 27.7 Å². The fraction of sp³-hybridized carbons (Fsp3) is 0.171. The van der Waals surface area contributed by atoms with Crippen molar-refractivity contribution in [2.75, 3.05) is 19.8 Å². The monoisotopic (exact) mass is 1110 g/mol. The maximum absolute atomic E-state index is 7.06. The van der Waals surface area contributed by atoms with Crippen LogP contribution in [0.3, 0.4) is 0 Å². The molecule has 11 aromatic carbocycles. The molecule has 0 bridgehead atoms. The Hall–Kier alpha value is -9.44. The van der Waals surface area contributed by atoms with E-state index in [0.29, 0.717) is 19.8 Å². The zero-order valence-electron chi connectivity index (χ0n) is 49.4. The summed E-state index contributed by atoms with van der Waals surface area (Å²) in [6, 6.07) is 70.7. The third-order valence-corrected chi connectivity index (χ3v) is 17.0. The summed E-state index contributed by atoms with van der Waals surface area (Å²) >= 11 is 0. The molecule has 11 aromatic rings. The fourth-order valence-corrected chi connectivity index (χ4v) is 12.8. The second kappa shape index (κ2) is 26.4. The lowest BCUT2D eigenvalue weighted by atomic mass is 9.86. The molecule has 420 valence electrons. The van der Waals surface area contributed by atoms with Crippen LogP contribution in [0.5, 0.6) is 17.2 Å². The van der Waals surface area contributed by atoms with Crippen LogP contribution in [0, 0.1) is 0 Å². The van der Waals surface area contributed by atoms with Gasteiger partial charge in [0.25, 0.3) is 0 Å². The summed E-state index contributed by atoms with van der Waals surface area (Å²) in [5, 5.41) is 14.1. The highest BCUT2D eigenvalue weighted by molar-refractivity contribution is 6.10. The Morgan fingerprint density at radius 1 is 0.435 bits per heavy atom. The quantitative estimate of drug-likeness (QED) is 0.0530. The molecule has 0 spiro atoms. The molecule has 0 N–H and O–H groups in total. The number of aryl methyl sites for hydroxylation is 3. The molecular formula is C82H74O3. The molecule has 0 saturated carbocycles. The Labute approximate surface area is 501 Å². The summed E-state index contributed by atoms with van der Waals surface area (Å²) in [6.45, 7) is 12.1. The second-order valence-corrected chi connectivity index (χ2v) is 22.3. The van der Waals surface area contributed by atoms with Gasteiger partial charge in [-0.3, -0.25) is 0 Å². The molecule has 3 heteroatoms. The highest BCUT2D eigenvalue weighted by Crippen LogP contribution is 2.46. The van der Waals surface area contributed by atoms with Crippen LogP contribution < -0.4 is 24.6 Å². The van der Waals surface area contributed by atoms with Crippen molar-refractivity contribution in [3.05, 3.63) is 281 Å². The van der Waals surface area contributed by atoms with E-state index in [4.69, 9.17) is 14.2 Å². The molecule has 0 unspecified atom stereocenters. The minimum atomic E-state index is 0.356. The summed E-state index contributed by atoms with van der Waals surface area (Å²) in [6.07, 6.45) is 27.5. The molecular weight excluding hydrogens is 1030 g/mol. The predicted octanol–water partition coefficient (Wildman–Crippen LogP) is 20.4. The Morgan fingerprint density at radius 2 is 0.871 bits per heavy atom. The SMILES string of the molecule is C=c1ccc(OCC2=CCCC=C2)c(-c2c(CCCCc3ccc4ccccc4c3-c3c(OCCOc4ccc5ccccc5c4-c4c(CCC(/C=C\C)=C/C)ccc5ccccc45)ccc4ccccc34)ccc3ccccc23)/c1=C/C=C\C. The number of unbranched alkanes of at least 4 members (excludes halogenated alkanes) is 1. The molecule has 0 fully saturated rings. The Kier molecular flexibility index (Phi) is 17.4. The summed E-state index contributed by atoms with van der Waals surface area (Å²) in [4.78, 5) is 0. The van der Waals surface area contributed by atoms with Crippen LogP contribution in [-0.2, 0) is 19.3 Å². The summed E-state index contributed by atoms with van der Waals surface area (Å²) in [7, 11) is 0. The molecule has 0 aromatic heterocycles. The van der Waals surface area contributed by atoms with Gasteiger partial charge in [-0.05, 0) is 194 Å². The molecule has 1 aliphatic rings. The normalized spacial score (nSPS) is 13.1. The van der Waals surface area contributed by atoms with Crippen LogP contribution in [0.1, 0.15) is 69.6 Å². The maximum Gasteiger partial charge on any atom is 0.128 e. The molecule has 0 radical (unpaired) electrons. The largest absolute Gasteiger partial charge is 0.489 e. The lowest BCUT2D eigenvalue weighted by molar-refractivity contribution is 0.218. The molecule has 0 amide bonds. The van der Waals surface area contributed by atoms with Gasteiger partial charge in [0.15, 0.2) is 0 Å². The van der Waals surface area contributed by atoms with Crippen LogP contribution in [0.15, 0.2) is 254 Å². The van der Waals surface area contributed by atoms with Crippen molar-refractivity contribution < 1.29 is 14.2 Å². The highest BCUT2D eigenvalue weighted by atomic mass is 16.5. The first-order valence-electron chi connectivity index (χ1n) is 30.5. The zero-order chi connectivity index (χ0) is 57.9. The van der Waals surface area contributed by atoms with Crippen LogP contribution in [0.2, 0.25) is 0 Å². The van der Waals surface area contributed by atoms with Crippen molar-refractivity contribution in [3.8, 4) is 50.6 Å². The van der Waals surface area contributed by atoms with E-state index in [9.17, 15) is 0 Å². The van der Waals surface area contributed by atoms with Gasteiger partial charge in [0.2, 0.25) is 0 Å². The minimum Gasteiger partial charge on any atom is -0.489 e. The van der Waals surface area contributed by atoms with Crippen molar-refractivity contribution in [1.82, 2.24) is 0 Å². The minimum absolute atomic E-state index is 0.356. The van der Waals surface area contributed by atoms with Gasteiger partial charge < -0.3 is 14.2 Å². The van der Waals surface area contributed by atoms with Gasteiger partial charge in [-0.1, -0.05) is 243 Å². The van der Waals surface area contributed by atoms with Gasteiger partial charge in [0.05, 0.1) is 0 Å². The summed E-state index contributed by atoms with van der Waals surface area (Å²) in [5.74, 6) is 2.58. The van der Waals surface area contributed by atoms with E-state index in [-0.39, 0.29) is 0 Å². The van der Waals surface area contributed by atoms with E-state index in [0.717, 1.165) is 95.7 Å². The zero-order valence-corrected chi connectivity index (χ0v) is 49.4. The number of rotatable bonds is 21. The summed E-state index contributed by atoms with van der Waals surface area (Å²) < 4.78 is 20.9. The average Bonchev–Trinajstić information content (AvgIpc) is 2.93. The van der Waals surface area contributed by atoms with E-state index >= 15 is 0 Å². The lowest BCUT2D eigenvalue weighted by Gasteiger charge is -2.21. The van der Waals surface area contributed by atoms with Gasteiger partial charge >= 0.3 is 0 Å². The van der Waals surface area contributed by atoms with Gasteiger partial charge in [-0.2, -0.15) is 0 Å². The molecule has 85 heavy (non-hydrogen) atoms. The second-order valence-electron chi connectivity index (χ2n) is 22.3. The number of ether oxygens (including phenoxy) is 3. The molecule has 0 saturated heterocycles. The molecule has 1 aliphatic carbocycles. The first kappa shape index (κ1) is 56.1. The average molecular weight is 1110 g/mol. The van der Waals surface area contributed by atoms with Crippen molar-refractivity contribution in [1.29, 1.82) is 0 Å². The van der Waals surface area contributed by atoms with E-state index < -0.39 is 0 Å². The number of fused-ring (bicyclic) bond motifs is 5. The maximum atomic E-state index is 7.06. The number of hydrogen-bond acceptors (Lipinski definition) is 3. The van der Waals surface area contributed by atoms with Crippen LogP contribution in [0.25, 0.3) is 99.9 Å². The molecule has 12 rings (SSSR count). The van der Waals surface area contributed by atoms with Crippen molar-refractivity contribution in [3.63, 3.8) is 0 Å². The van der Waals surface area contributed by atoms with Gasteiger partial charge in [0, 0.05) is 16.7 Å². The summed E-state index contributed by atoms with van der Waals surface area (Å²) in [5.41, 5.74) is 13.5. The fourth-order valence-electron chi connectivity index (χ4n) is 12.8. The Balaban J connectivity index is 0.861. The molecule has 0 aliphatic heterocycles.